The maximum absolute atomic E-state index is 9.43. The van der Waals surface area contributed by atoms with E-state index in [-0.39, 0.29) is 21.1 Å². The molecule has 128 valence electrons. The summed E-state index contributed by atoms with van der Waals surface area (Å²) < 4.78 is 0. The van der Waals surface area contributed by atoms with Gasteiger partial charge in [-0.25, -0.2) is 0 Å². The zero-order valence-corrected chi connectivity index (χ0v) is 15.5. The summed E-state index contributed by atoms with van der Waals surface area (Å²) >= 11 is 11.3. The van der Waals surface area contributed by atoms with Gasteiger partial charge in [0, 0.05) is 10.4 Å². The molecule has 2 N–H and O–H groups in total. The molecule has 0 spiro atoms. The van der Waals surface area contributed by atoms with E-state index < -0.39 is 18.4 Å². The number of aliphatic carboxylic acids is 2. The Bertz CT molecular complexity index is 374. The van der Waals surface area contributed by atoms with E-state index in [1.165, 1.54) is 0 Å². The van der Waals surface area contributed by atoms with E-state index in [1.54, 1.807) is 12.3 Å². The first kappa shape index (κ1) is 23.7. The van der Waals surface area contributed by atoms with Crippen molar-refractivity contribution in [2.75, 3.05) is 19.6 Å². The summed E-state index contributed by atoms with van der Waals surface area (Å²) in [7, 11) is 0. The Labute approximate surface area is 154 Å². The average Bonchev–Trinajstić information content (AvgIpc) is 2.40. The van der Waals surface area contributed by atoms with E-state index in [2.05, 4.69) is 10.6 Å². The van der Waals surface area contributed by atoms with Crippen LogP contribution in [0.5, 0.6) is 0 Å². The van der Waals surface area contributed by atoms with Gasteiger partial charge >= 0.3 is 33.0 Å². The first-order valence-corrected chi connectivity index (χ1v) is 7.13. The van der Waals surface area contributed by atoms with Crippen molar-refractivity contribution in [3.8, 4) is 0 Å². The number of halogens is 2. The van der Waals surface area contributed by atoms with Crippen molar-refractivity contribution in [1.29, 1.82) is 0 Å². The van der Waals surface area contributed by atoms with E-state index in [4.69, 9.17) is 33.4 Å². The predicted molar refractivity (Wildman–Crippen MR) is 83.2 cm³/mol. The monoisotopic (exact) mass is 531 g/mol. The average molecular weight is 532 g/mol. The van der Waals surface area contributed by atoms with E-state index in [1.807, 2.05) is 6.08 Å². The fourth-order valence-corrected chi connectivity index (χ4v) is 1.56. The minimum absolute atomic E-state index is 0. The van der Waals surface area contributed by atoms with Crippen LogP contribution < -0.4 is 0 Å². The zero-order valence-electron chi connectivity index (χ0n) is 11.7. The number of allylic oxidation sites excluding steroid dienone is 2. The molecule has 6 nitrogen and oxygen atoms in total. The number of piperidine rings is 1. The third kappa shape index (κ3) is 17.5. The number of nitrogens with zero attached hydrogens (tertiary/aromatic N) is 2. The second-order valence-electron chi connectivity index (χ2n) is 4.08. The molecule has 2 heterocycles. The first-order valence-electron chi connectivity index (χ1n) is 6.31. The van der Waals surface area contributed by atoms with Crippen LogP contribution in [0, 0.1) is 0 Å². The zero-order chi connectivity index (χ0) is 16.1. The summed E-state index contributed by atoms with van der Waals surface area (Å²) in [5.74, 6) is -2.62. The summed E-state index contributed by atoms with van der Waals surface area (Å²) in [5, 5.41) is 24.6. The largest absolute Gasteiger partial charge is 2.00 e. The number of carboxylic acid groups (broad SMARTS) is 2. The SMILES string of the molecule is ClC1=CC[N-]C=C1.ClC1CC[N-]CC1.O=C(O)CC(=O)O.[Pt+2]. The molecule has 0 amide bonds. The molecule has 2 aliphatic heterocycles. The van der Waals surface area contributed by atoms with Crippen molar-refractivity contribution >= 4 is 35.1 Å². The van der Waals surface area contributed by atoms with Crippen LogP contribution in [-0.4, -0.2) is 47.2 Å². The van der Waals surface area contributed by atoms with Gasteiger partial charge in [-0.3, -0.25) is 9.59 Å². The Kier molecular flexibility index (Phi) is 16.5. The second-order valence-corrected chi connectivity index (χ2v) is 5.13. The van der Waals surface area contributed by atoms with Gasteiger partial charge in [0.2, 0.25) is 0 Å². The Hall–Kier alpha value is -0.552. The molecular formula is C13H18Cl2N2O4Pt. The number of alkyl halides is 1. The molecule has 0 radical (unpaired) electrons. The van der Waals surface area contributed by atoms with E-state index >= 15 is 0 Å². The Morgan fingerprint density at radius 1 is 1.23 bits per heavy atom. The van der Waals surface area contributed by atoms with Crippen LogP contribution in [0.1, 0.15) is 19.3 Å². The molecule has 0 unspecified atom stereocenters. The molecule has 0 saturated carbocycles. The van der Waals surface area contributed by atoms with Crippen molar-refractivity contribution in [1.82, 2.24) is 0 Å². The van der Waals surface area contributed by atoms with E-state index in [0.29, 0.717) is 5.38 Å². The first-order chi connectivity index (χ1) is 9.91. The van der Waals surface area contributed by atoms with Crippen molar-refractivity contribution in [3.63, 3.8) is 0 Å². The molecule has 9 heteroatoms. The molecular weight excluding hydrogens is 514 g/mol. The van der Waals surface area contributed by atoms with E-state index in [0.717, 1.165) is 37.5 Å². The van der Waals surface area contributed by atoms with Crippen LogP contribution in [0.15, 0.2) is 23.4 Å². The number of rotatable bonds is 2. The Morgan fingerprint density at radius 3 is 1.95 bits per heavy atom. The van der Waals surface area contributed by atoms with Gasteiger partial charge in [0.25, 0.3) is 0 Å². The molecule has 2 rings (SSSR count). The molecule has 2 aliphatic rings. The Morgan fingerprint density at radius 2 is 1.77 bits per heavy atom. The van der Waals surface area contributed by atoms with Gasteiger partial charge in [-0.15, -0.1) is 31.2 Å². The molecule has 22 heavy (non-hydrogen) atoms. The number of hydrogen-bond acceptors (Lipinski definition) is 2. The van der Waals surface area contributed by atoms with Crippen LogP contribution in [0.25, 0.3) is 10.6 Å². The minimum atomic E-state index is -1.31. The van der Waals surface area contributed by atoms with Crippen molar-refractivity contribution < 1.29 is 40.9 Å². The standard InChI is InChI=1S/C5H9ClN.C5H5ClN.C3H4O4.Pt/c2*6-5-1-3-7-4-2-5;4-2(5)1-3(6)7;/h5H,1-4H2;1-3H,4H2;1H2,(H,4,5)(H,6,7);/q2*-1;;+2. The summed E-state index contributed by atoms with van der Waals surface area (Å²) in [6.07, 6.45) is 6.71. The second kappa shape index (κ2) is 15.3. The summed E-state index contributed by atoms with van der Waals surface area (Å²) in [6, 6.07) is 0. The molecule has 0 aromatic carbocycles. The summed E-state index contributed by atoms with van der Waals surface area (Å²) in [6.45, 7) is 2.69. The molecule has 1 fully saturated rings. The molecule has 0 atom stereocenters. The van der Waals surface area contributed by atoms with Crippen LogP contribution in [0.4, 0.5) is 0 Å². The fraction of sp³-hybridized carbons (Fsp3) is 0.538. The summed E-state index contributed by atoms with van der Waals surface area (Å²) in [5.41, 5.74) is 0. The van der Waals surface area contributed by atoms with Crippen molar-refractivity contribution in [2.24, 2.45) is 0 Å². The van der Waals surface area contributed by atoms with Gasteiger partial charge < -0.3 is 20.8 Å². The molecule has 0 aromatic rings. The van der Waals surface area contributed by atoms with Gasteiger partial charge in [0.05, 0.1) is 0 Å². The maximum atomic E-state index is 9.43. The minimum Gasteiger partial charge on any atom is -0.687 e. The van der Waals surface area contributed by atoms with Gasteiger partial charge in [-0.05, 0) is 0 Å². The fourth-order valence-electron chi connectivity index (χ4n) is 1.24. The quantitative estimate of drug-likeness (QED) is 0.421. The maximum Gasteiger partial charge on any atom is 2.00 e. The third-order valence-corrected chi connectivity index (χ3v) is 2.95. The van der Waals surface area contributed by atoms with Crippen LogP contribution >= 0.6 is 23.2 Å². The van der Waals surface area contributed by atoms with Crippen molar-refractivity contribution in [2.45, 2.75) is 24.6 Å². The smallest absolute Gasteiger partial charge is 0.687 e. The Balaban J connectivity index is 0. The number of hydrogen-bond donors (Lipinski definition) is 2. The number of carbonyl (C=O) groups is 2. The molecule has 1 saturated heterocycles. The molecule has 0 aliphatic carbocycles. The summed E-state index contributed by atoms with van der Waals surface area (Å²) in [4.78, 5) is 18.9. The van der Waals surface area contributed by atoms with Crippen LogP contribution in [0.3, 0.4) is 0 Å². The van der Waals surface area contributed by atoms with Crippen LogP contribution in [0.2, 0.25) is 0 Å². The van der Waals surface area contributed by atoms with Gasteiger partial charge in [-0.1, -0.05) is 36.6 Å². The van der Waals surface area contributed by atoms with Crippen molar-refractivity contribution in [3.05, 3.63) is 34.0 Å². The van der Waals surface area contributed by atoms with Gasteiger partial charge in [0.1, 0.15) is 6.42 Å². The molecule has 0 bridgehead atoms. The predicted octanol–water partition coefficient (Wildman–Crippen LogP) is 3.31. The van der Waals surface area contributed by atoms with Gasteiger partial charge in [0.15, 0.2) is 0 Å². The number of carboxylic acids is 2. The van der Waals surface area contributed by atoms with Gasteiger partial charge in [-0.2, -0.15) is 6.20 Å². The van der Waals surface area contributed by atoms with Crippen LogP contribution in [-0.2, 0) is 30.7 Å². The normalized spacial score (nSPS) is 16.4. The van der Waals surface area contributed by atoms with E-state index in [9.17, 15) is 9.59 Å². The third-order valence-electron chi connectivity index (χ3n) is 2.23. The topological polar surface area (TPSA) is 103 Å². The molecule has 0 aromatic heterocycles.